The smallest absolute Gasteiger partial charge is 0.332 e. The topological polar surface area (TPSA) is 76.0 Å². The van der Waals surface area contributed by atoms with Crippen LogP contribution in [0.4, 0.5) is 5.69 Å². The largest absolute Gasteiger partial charge is 0.355 e. The lowest BCUT2D eigenvalue weighted by molar-refractivity contribution is -0.386. The predicted octanol–water partition coefficient (Wildman–Crippen LogP) is 2.82. The molecule has 0 aliphatic carbocycles. The van der Waals surface area contributed by atoms with Crippen molar-refractivity contribution in [2.75, 3.05) is 0 Å². The van der Waals surface area contributed by atoms with Gasteiger partial charge in [0.05, 0.1) is 22.0 Å². The summed E-state index contributed by atoms with van der Waals surface area (Å²) in [6.07, 6.45) is 1.14. The highest BCUT2D eigenvalue weighted by Crippen LogP contribution is 2.27. The van der Waals surface area contributed by atoms with Gasteiger partial charge >= 0.3 is 5.69 Å². The molecule has 5 nitrogen and oxygen atoms in total. The van der Waals surface area contributed by atoms with E-state index in [4.69, 9.17) is 0 Å². The van der Waals surface area contributed by atoms with Crippen LogP contribution in [0, 0.1) is 24.0 Å². The Labute approximate surface area is 105 Å². The summed E-state index contributed by atoms with van der Waals surface area (Å²) in [5.41, 5.74) is 1.38. The number of halogens is 1. The molecule has 1 aromatic heterocycles. The monoisotopic (exact) mass is 296 g/mol. The molecule has 0 fully saturated rings. The number of fused-ring (bicyclic) bond motifs is 1. The van der Waals surface area contributed by atoms with Crippen LogP contribution in [0.25, 0.3) is 10.9 Å². The average molecular weight is 297 g/mol. The van der Waals surface area contributed by atoms with Gasteiger partial charge in [-0.3, -0.25) is 14.9 Å². The molecule has 2 rings (SSSR count). The molecule has 0 radical (unpaired) electrons. The Kier molecular flexibility index (Phi) is 2.74. The first-order valence-corrected chi connectivity index (χ1v) is 5.68. The highest BCUT2D eigenvalue weighted by Gasteiger charge is 2.17. The fraction of sp³-hybridized carbons (Fsp3) is 0.182. The predicted molar refractivity (Wildman–Crippen MR) is 68.4 cm³/mol. The third-order valence-corrected chi connectivity index (χ3v) is 3.93. The fourth-order valence-electron chi connectivity index (χ4n) is 1.80. The summed E-state index contributed by atoms with van der Waals surface area (Å²) < 4.78 is 0.898. The molecular formula is C11H9BrN2O3. The number of rotatable bonds is 1. The molecule has 2 aromatic rings. The molecule has 0 bridgehead atoms. The number of H-pyrrole nitrogens is 1. The Morgan fingerprint density at radius 1 is 1.41 bits per heavy atom. The van der Waals surface area contributed by atoms with E-state index in [0.29, 0.717) is 10.9 Å². The third kappa shape index (κ3) is 1.74. The molecule has 1 heterocycles. The van der Waals surface area contributed by atoms with Gasteiger partial charge in [-0.15, -0.1) is 0 Å². The van der Waals surface area contributed by atoms with E-state index in [2.05, 4.69) is 20.9 Å². The van der Waals surface area contributed by atoms with Gasteiger partial charge in [0.1, 0.15) is 0 Å². The van der Waals surface area contributed by atoms with Gasteiger partial charge in [-0.1, -0.05) is 15.9 Å². The molecule has 0 saturated heterocycles. The van der Waals surface area contributed by atoms with Gasteiger partial charge < -0.3 is 4.98 Å². The standard InChI is InChI=1S/C11H9BrN2O3/c1-5-3-7-10(6(2)9(5)12)13-4-8(11(7)15)14(16)17/h3-4H,1-2H3,(H,13,15). The van der Waals surface area contributed by atoms with Gasteiger partial charge in [-0.05, 0) is 31.0 Å². The van der Waals surface area contributed by atoms with Crippen LogP contribution < -0.4 is 5.43 Å². The number of nitro groups is 1. The molecule has 1 N–H and O–H groups in total. The zero-order valence-corrected chi connectivity index (χ0v) is 10.8. The maximum Gasteiger partial charge on any atom is 0.332 e. The van der Waals surface area contributed by atoms with Gasteiger partial charge in [0, 0.05) is 4.47 Å². The first-order valence-electron chi connectivity index (χ1n) is 4.89. The van der Waals surface area contributed by atoms with Crippen LogP contribution in [-0.2, 0) is 0 Å². The Balaban J connectivity index is 2.98. The van der Waals surface area contributed by atoms with Crippen LogP contribution >= 0.6 is 15.9 Å². The molecule has 0 amide bonds. The van der Waals surface area contributed by atoms with Crippen molar-refractivity contribution in [2.24, 2.45) is 0 Å². The molecule has 0 atom stereocenters. The van der Waals surface area contributed by atoms with Gasteiger partial charge in [0.15, 0.2) is 0 Å². The van der Waals surface area contributed by atoms with Crippen LogP contribution in [0.5, 0.6) is 0 Å². The van der Waals surface area contributed by atoms with Crippen molar-refractivity contribution in [2.45, 2.75) is 13.8 Å². The third-order valence-electron chi connectivity index (χ3n) is 2.71. The molecule has 6 heteroatoms. The first kappa shape index (κ1) is 11.8. The minimum absolute atomic E-state index is 0.345. The minimum atomic E-state index is -0.676. The Hall–Kier alpha value is -1.69. The number of benzene rings is 1. The molecule has 1 aromatic carbocycles. The van der Waals surface area contributed by atoms with Crippen molar-refractivity contribution >= 4 is 32.5 Å². The molecular weight excluding hydrogens is 288 g/mol. The highest BCUT2D eigenvalue weighted by atomic mass is 79.9. The van der Waals surface area contributed by atoms with Crippen molar-refractivity contribution in [3.63, 3.8) is 0 Å². The van der Waals surface area contributed by atoms with Crippen molar-refractivity contribution in [3.05, 3.63) is 48.2 Å². The lowest BCUT2D eigenvalue weighted by Gasteiger charge is -2.07. The van der Waals surface area contributed by atoms with E-state index < -0.39 is 16.0 Å². The summed E-state index contributed by atoms with van der Waals surface area (Å²) in [7, 11) is 0. The minimum Gasteiger partial charge on any atom is -0.355 e. The van der Waals surface area contributed by atoms with Crippen LogP contribution in [0.1, 0.15) is 11.1 Å². The summed E-state index contributed by atoms with van der Waals surface area (Å²) in [5.74, 6) is 0. The summed E-state index contributed by atoms with van der Waals surface area (Å²) in [5, 5.41) is 11.0. The Bertz CT molecular complexity index is 691. The summed E-state index contributed by atoms with van der Waals surface area (Å²) in [6.45, 7) is 3.69. The van der Waals surface area contributed by atoms with Crippen LogP contribution in [-0.4, -0.2) is 9.91 Å². The lowest BCUT2D eigenvalue weighted by atomic mass is 10.1. The lowest BCUT2D eigenvalue weighted by Crippen LogP contribution is -2.10. The second-order valence-corrected chi connectivity index (χ2v) is 4.61. The number of aryl methyl sites for hydroxylation is 2. The average Bonchev–Trinajstić information content (AvgIpc) is 2.27. The van der Waals surface area contributed by atoms with Crippen molar-refractivity contribution in [1.29, 1.82) is 0 Å². The molecule has 0 aliphatic heterocycles. The second kappa shape index (κ2) is 3.96. The summed E-state index contributed by atoms with van der Waals surface area (Å²) >= 11 is 3.42. The SMILES string of the molecule is Cc1cc2c(=O)c([N+](=O)[O-])c[nH]c2c(C)c1Br. The normalized spacial score (nSPS) is 10.8. The maximum atomic E-state index is 11.9. The number of nitrogens with zero attached hydrogens (tertiary/aromatic N) is 1. The second-order valence-electron chi connectivity index (χ2n) is 3.82. The van der Waals surface area contributed by atoms with E-state index in [-0.39, 0.29) is 0 Å². The van der Waals surface area contributed by atoms with Crippen molar-refractivity contribution in [1.82, 2.24) is 4.98 Å². The number of nitrogens with one attached hydrogen (secondary N) is 1. The summed E-state index contributed by atoms with van der Waals surface area (Å²) in [4.78, 5) is 24.7. The van der Waals surface area contributed by atoms with E-state index in [1.165, 1.54) is 0 Å². The van der Waals surface area contributed by atoms with Gasteiger partial charge in [-0.2, -0.15) is 0 Å². The maximum absolute atomic E-state index is 11.9. The quantitative estimate of drug-likeness (QED) is 0.649. The van der Waals surface area contributed by atoms with E-state index in [9.17, 15) is 14.9 Å². The van der Waals surface area contributed by atoms with Crippen molar-refractivity contribution in [3.8, 4) is 0 Å². The highest BCUT2D eigenvalue weighted by molar-refractivity contribution is 9.10. The zero-order chi connectivity index (χ0) is 12.7. The van der Waals surface area contributed by atoms with Gasteiger partial charge in [-0.25, -0.2) is 0 Å². The number of aromatic amines is 1. The Morgan fingerprint density at radius 2 is 2.06 bits per heavy atom. The number of hydrogen-bond donors (Lipinski definition) is 1. The van der Waals surface area contributed by atoms with E-state index >= 15 is 0 Å². The van der Waals surface area contributed by atoms with Crippen LogP contribution in [0.2, 0.25) is 0 Å². The van der Waals surface area contributed by atoms with Crippen LogP contribution in [0.15, 0.2) is 21.5 Å². The van der Waals surface area contributed by atoms with E-state index in [1.54, 1.807) is 6.07 Å². The number of hydrogen-bond acceptors (Lipinski definition) is 3. The number of pyridine rings is 1. The summed E-state index contributed by atoms with van der Waals surface area (Å²) in [6, 6.07) is 1.65. The molecule has 0 unspecified atom stereocenters. The first-order chi connectivity index (χ1) is 7.93. The molecule has 0 saturated carbocycles. The zero-order valence-electron chi connectivity index (χ0n) is 9.20. The van der Waals surface area contributed by atoms with Crippen molar-refractivity contribution < 1.29 is 4.92 Å². The van der Waals surface area contributed by atoms with E-state index in [0.717, 1.165) is 21.8 Å². The molecule has 0 aliphatic rings. The molecule has 88 valence electrons. The van der Waals surface area contributed by atoms with E-state index in [1.807, 2.05) is 13.8 Å². The van der Waals surface area contributed by atoms with Gasteiger partial charge in [0.25, 0.3) is 5.43 Å². The fourth-order valence-corrected chi connectivity index (χ4v) is 2.12. The molecule has 0 spiro atoms. The Morgan fingerprint density at radius 3 is 2.65 bits per heavy atom. The number of aromatic nitrogens is 1. The van der Waals surface area contributed by atoms with Gasteiger partial charge in [0.2, 0.25) is 0 Å². The van der Waals surface area contributed by atoms with Crippen LogP contribution in [0.3, 0.4) is 0 Å². The molecule has 17 heavy (non-hydrogen) atoms.